The lowest BCUT2D eigenvalue weighted by molar-refractivity contribution is 0.149. The normalized spacial score (nSPS) is 15.7. The Kier molecular flexibility index (Phi) is 17.7. The maximum Gasteiger partial charge on any atom is 0.446 e. The molecule has 2 aromatic heterocycles. The van der Waals surface area contributed by atoms with Gasteiger partial charge in [0.25, 0.3) is 0 Å². The van der Waals surface area contributed by atoms with Crippen molar-refractivity contribution < 1.29 is 156 Å². The van der Waals surface area contributed by atoms with Gasteiger partial charge in [-0.25, -0.2) is 0 Å². The minimum Gasteiger partial charge on any atom is -0.492 e. The predicted octanol–water partition coefficient (Wildman–Crippen LogP) is 1.95. The number of ether oxygens (including phenoxy) is 2. The summed E-state index contributed by atoms with van der Waals surface area (Å²) < 4.78 is 322. The van der Waals surface area contributed by atoms with Gasteiger partial charge in [-0.2, -0.15) is 67.3 Å². The molecule has 1 aliphatic carbocycles. The van der Waals surface area contributed by atoms with E-state index in [-0.39, 0.29) is 25.7 Å². The van der Waals surface area contributed by atoms with E-state index in [1.54, 1.807) is 0 Å². The maximum atomic E-state index is 14.2. The van der Waals surface area contributed by atoms with Crippen LogP contribution in [0.25, 0.3) is 44.6 Å². The third-order valence-electron chi connectivity index (χ3n) is 10.7. The SMILES string of the molecule is O=c1c(OS(=O)(=O)O)c(-c2ccc(OS(=O)(=O)O)cc2OS(=O)(=O)O)oc2cc(OS(=O)(=O)O)cc(OCC3CCC(COc4cc(OS(=O)(=O)O)cc5oc(-c6ccc(OS(=O)(=O)O)cc6OS(=O)(=O)O)c(OS(=O)(=O)O)c(=O)c45)CC3)c12. The second-order valence-corrected chi connectivity index (χ2v) is 24.9. The third-order valence-corrected chi connectivity index (χ3v) is 13.8. The van der Waals surface area contributed by atoms with Gasteiger partial charge < -0.3 is 51.8 Å². The fourth-order valence-corrected chi connectivity index (χ4v) is 10.7. The molecular formula is C38H32O38S8. The zero-order chi connectivity index (χ0) is 62.5. The van der Waals surface area contributed by atoms with Crippen molar-refractivity contribution in [2.45, 2.75) is 25.7 Å². The summed E-state index contributed by atoms with van der Waals surface area (Å²) in [5.41, 5.74) is -6.89. The molecule has 84 heavy (non-hydrogen) atoms. The molecule has 0 saturated heterocycles. The standard InChI is InChI=1S/C38H32O38S8/c39-33-31-27(11-21(71-79(47,48)49)13-29(31)67-35(37(33)75-83(59,60)61)23-7-5-19(69-77(41,42)43)9-25(23)73-81(53,54)55)65-15-17-1-2-18(4-3-17)16-66-28-12-22(72-80(50,51)52)14-30-32(28)34(40)38(76-84(62,63)64)36(68-30)24-8-6-20(70-78(44,45)46)10-26(24)74-82(56,57)58/h5-14,17-18H,1-4,15-16H2,(H,41,42,43)(H,44,45,46)(H,47,48,49)(H,50,51,52)(H,53,54,55)(H,56,57,58)(H,59,60,61)(H,62,63,64). The van der Waals surface area contributed by atoms with Crippen LogP contribution in [0.5, 0.6) is 57.5 Å². The average Bonchev–Trinajstić information content (AvgIpc) is 1.75. The third kappa shape index (κ3) is 17.8. The summed E-state index contributed by atoms with van der Waals surface area (Å²) in [4.78, 5) is 28.4. The first-order chi connectivity index (χ1) is 38.3. The van der Waals surface area contributed by atoms with Gasteiger partial charge in [-0.05, 0) is 61.8 Å². The lowest BCUT2D eigenvalue weighted by Gasteiger charge is -2.28. The summed E-state index contributed by atoms with van der Waals surface area (Å²) in [6.45, 7) is -0.885. The molecule has 1 saturated carbocycles. The van der Waals surface area contributed by atoms with Gasteiger partial charge in [0.15, 0.2) is 34.5 Å². The number of benzene rings is 4. The molecule has 7 rings (SSSR count). The molecule has 0 spiro atoms. The van der Waals surface area contributed by atoms with Crippen molar-refractivity contribution in [3.63, 3.8) is 0 Å². The Hall–Kier alpha value is -7.42. The van der Waals surface area contributed by atoms with Crippen LogP contribution in [0.15, 0.2) is 79.1 Å². The fraction of sp³-hybridized carbons (Fsp3) is 0.211. The van der Waals surface area contributed by atoms with Crippen LogP contribution in [0.1, 0.15) is 25.7 Å². The average molecular weight is 1350 g/mol. The number of rotatable bonds is 24. The van der Waals surface area contributed by atoms with Crippen LogP contribution in [0.2, 0.25) is 0 Å². The highest BCUT2D eigenvalue weighted by Crippen LogP contribution is 2.45. The van der Waals surface area contributed by atoms with E-state index in [0.29, 0.717) is 60.7 Å². The smallest absolute Gasteiger partial charge is 0.446 e. The molecule has 0 bridgehead atoms. The summed E-state index contributed by atoms with van der Waals surface area (Å²) in [7, 11) is -44.4. The van der Waals surface area contributed by atoms with Crippen molar-refractivity contribution in [3.8, 4) is 80.1 Å². The Bertz CT molecular complexity index is 4420. The van der Waals surface area contributed by atoms with Crippen LogP contribution in [0.3, 0.4) is 0 Å². The van der Waals surface area contributed by atoms with Crippen LogP contribution < -0.4 is 53.8 Å². The van der Waals surface area contributed by atoms with Crippen molar-refractivity contribution >= 4 is 105 Å². The van der Waals surface area contributed by atoms with Crippen LogP contribution in [0.4, 0.5) is 0 Å². The van der Waals surface area contributed by atoms with E-state index in [1.807, 2.05) is 0 Å². The van der Waals surface area contributed by atoms with Gasteiger partial charge >= 0.3 is 83.2 Å². The van der Waals surface area contributed by atoms with Crippen LogP contribution in [-0.4, -0.2) is 117 Å². The van der Waals surface area contributed by atoms with Gasteiger partial charge in [-0.3, -0.25) is 46.0 Å². The van der Waals surface area contributed by atoms with Gasteiger partial charge in [-0.1, -0.05) is 0 Å². The molecule has 0 radical (unpaired) electrons. The van der Waals surface area contributed by atoms with Crippen molar-refractivity contribution in [1.29, 1.82) is 0 Å². The summed E-state index contributed by atoms with van der Waals surface area (Å²) in [6, 6.07) is 5.52. The predicted molar refractivity (Wildman–Crippen MR) is 270 cm³/mol. The fourth-order valence-electron chi connectivity index (χ4n) is 7.84. The van der Waals surface area contributed by atoms with E-state index in [2.05, 4.69) is 33.5 Å². The van der Waals surface area contributed by atoms with Crippen molar-refractivity contribution in [2.24, 2.45) is 11.8 Å². The van der Waals surface area contributed by atoms with Crippen LogP contribution in [-0.2, 0) is 83.2 Å². The summed E-state index contributed by atoms with van der Waals surface area (Å²) in [6.07, 6.45) is 0.569. The largest absolute Gasteiger partial charge is 0.492 e. The summed E-state index contributed by atoms with van der Waals surface area (Å²) in [5.74, 6) is -14.4. The molecule has 38 nitrogen and oxygen atoms in total. The van der Waals surface area contributed by atoms with Gasteiger partial charge in [0.05, 0.1) is 24.3 Å². The number of hydrogen-bond acceptors (Lipinski definition) is 30. The summed E-state index contributed by atoms with van der Waals surface area (Å²) >= 11 is 0. The van der Waals surface area contributed by atoms with Crippen LogP contribution >= 0.6 is 0 Å². The molecular weight excluding hydrogens is 1320 g/mol. The molecule has 460 valence electrons. The van der Waals surface area contributed by atoms with Gasteiger partial charge in [0.1, 0.15) is 44.9 Å². The Morgan fingerprint density at radius 3 is 0.917 bits per heavy atom. The second-order valence-electron chi connectivity index (χ2n) is 16.7. The Morgan fingerprint density at radius 1 is 0.357 bits per heavy atom. The molecule has 0 unspecified atom stereocenters. The van der Waals surface area contributed by atoms with Crippen molar-refractivity contribution in [1.82, 2.24) is 0 Å². The Morgan fingerprint density at radius 2 is 0.631 bits per heavy atom. The van der Waals surface area contributed by atoms with E-state index >= 15 is 0 Å². The zero-order valence-corrected chi connectivity index (χ0v) is 46.8. The minimum atomic E-state index is -5.78. The molecule has 1 aliphatic rings. The second kappa shape index (κ2) is 23.2. The van der Waals surface area contributed by atoms with Gasteiger partial charge in [0, 0.05) is 36.4 Å². The lowest BCUT2D eigenvalue weighted by atomic mass is 9.83. The quantitative estimate of drug-likeness (QED) is 0.0401. The van der Waals surface area contributed by atoms with E-state index in [4.69, 9.17) is 27.4 Å². The van der Waals surface area contributed by atoms with Crippen molar-refractivity contribution in [3.05, 3.63) is 81.1 Å². The molecule has 46 heteroatoms. The lowest BCUT2D eigenvalue weighted by Crippen LogP contribution is -2.24. The van der Waals surface area contributed by atoms with Crippen molar-refractivity contribution in [2.75, 3.05) is 13.2 Å². The molecule has 0 atom stereocenters. The van der Waals surface area contributed by atoms with Gasteiger partial charge in [0.2, 0.25) is 22.4 Å². The molecule has 0 aliphatic heterocycles. The van der Waals surface area contributed by atoms with E-state index in [0.717, 1.165) is 0 Å². The highest BCUT2D eigenvalue weighted by Gasteiger charge is 2.33. The molecule has 1 fully saturated rings. The molecule has 8 N–H and O–H groups in total. The molecule has 2 heterocycles. The van der Waals surface area contributed by atoms with Crippen LogP contribution in [0, 0.1) is 11.8 Å². The number of fused-ring (bicyclic) bond motifs is 2. The first-order valence-corrected chi connectivity index (χ1v) is 32.5. The molecule has 0 amide bonds. The van der Waals surface area contributed by atoms with E-state index in [1.165, 1.54) is 0 Å². The topological polar surface area (TPSA) is 588 Å². The minimum absolute atomic E-state index is 0.142. The van der Waals surface area contributed by atoms with Gasteiger partial charge in [-0.15, -0.1) is 0 Å². The van der Waals surface area contributed by atoms with E-state index in [9.17, 15) is 104 Å². The molecule has 4 aromatic carbocycles. The first kappa shape index (κ1) is 64.1. The van der Waals surface area contributed by atoms with E-state index < -0.39 is 221 Å². The zero-order valence-electron chi connectivity index (χ0n) is 40.3. The highest BCUT2D eigenvalue weighted by molar-refractivity contribution is 7.83. The molecule has 6 aromatic rings. The number of hydrogen-bond donors (Lipinski definition) is 8. The highest BCUT2D eigenvalue weighted by atomic mass is 32.3. The monoisotopic (exact) mass is 1350 g/mol. The Labute approximate surface area is 470 Å². The summed E-state index contributed by atoms with van der Waals surface area (Å²) in [5, 5.41) is -1.70. The first-order valence-electron chi connectivity index (χ1n) is 21.5. The maximum absolute atomic E-state index is 14.2. The Balaban J connectivity index is 1.22.